The van der Waals surface area contributed by atoms with Crippen molar-refractivity contribution < 1.29 is 17.9 Å². The summed E-state index contributed by atoms with van der Waals surface area (Å²) in [5.74, 6) is 0.405. The average Bonchev–Trinajstić information content (AvgIpc) is 3.57. The summed E-state index contributed by atoms with van der Waals surface area (Å²) >= 11 is 6.70. The molecule has 0 aromatic heterocycles. The number of sulfonamides is 1. The molecule has 0 saturated carbocycles. The summed E-state index contributed by atoms with van der Waals surface area (Å²) in [5, 5.41) is 0.612. The van der Waals surface area contributed by atoms with E-state index in [0.29, 0.717) is 17.3 Å². The van der Waals surface area contributed by atoms with Crippen molar-refractivity contribution in [2.45, 2.75) is 36.0 Å². The highest BCUT2D eigenvalue weighted by Gasteiger charge is 2.65. The van der Waals surface area contributed by atoms with E-state index in [2.05, 4.69) is 18.2 Å². The number of anilines is 1. The molecule has 2 heterocycles. The largest absolute Gasteiger partial charge is 0.497 e. The molecule has 0 fully saturated rings. The Morgan fingerprint density at radius 2 is 1.58 bits per heavy atom. The molecule has 0 unspecified atom stereocenters. The number of para-hydroxylation sites is 1. The molecule has 224 valence electrons. The second-order valence-electron chi connectivity index (χ2n) is 11.8. The minimum atomic E-state index is -4.04. The van der Waals surface area contributed by atoms with Crippen LogP contribution in [-0.4, -0.2) is 21.6 Å². The van der Waals surface area contributed by atoms with Gasteiger partial charge in [-0.25, -0.2) is 8.42 Å². The van der Waals surface area contributed by atoms with Crippen molar-refractivity contribution in [3.8, 4) is 5.75 Å². The molecule has 3 atom stereocenters. The lowest BCUT2D eigenvalue weighted by Gasteiger charge is -2.45. The second-order valence-corrected chi connectivity index (χ2v) is 14.1. The third-order valence-corrected chi connectivity index (χ3v) is 11.5. The predicted molar refractivity (Wildman–Crippen MR) is 178 cm³/mol. The summed E-state index contributed by atoms with van der Waals surface area (Å²) in [6.07, 6.45) is 0. The van der Waals surface area contributed by atoms with E-state index in [0.717, 1.165) is 50.3 Å². The zero-order valence-corrected chi connectivity index (χ0v) is 26.3. The summed E-state index contributed by atoms with van der Waals surface area (Å²) in [5.41, 5.74) is 7.25. The Morgan fingerprint density at radius 1 is 0.867 bits per heavy atom. The first-order valence-electron chi connectivity index (χ1n) is 14.9. The van der Waals surface area contributed by atoms with Crippen molar-refractivity contribution in [3.63, 3.8) is 0 Å². The van der Waals surface area contributed by atoms with Gasteiger partial charge in [-0.3, -0.25) is 4.31 Å². The lowest BCUT2D eigenvalue weighted by Crippen LogP contribution is -2.53. The predicted octanol–water partition coefficient (Wildman–Crippen LogP) is 8.37. The molecule has 0 spiro atoms. The first-order valence-corrected chi connectivity index (χ1v) is 16.7. The van der Waals surface area contributed by atoms with E-state index in [-0.39, 0.29) is 10.8 Å². The van der Waals surface area contributed by atoms with Gasteiger partial charge in [-0.1, -0.05) is 96.0 Å². The molecule has 1 aliphatic carbocycles. The van der Waals surface area contributed by atoms with Crippen molar-refractivity contribution in [3.05, 3.63) is 160 Å². The molecule has 0 amide bonds. The van der Waals surface area contributed by atoms with Crippen LogP contribution in [0.3, 0.4) is 0 Å². The van der Waals surface area contributed by atoms with Crippen LogP contribution in [-0.2, 0) is 27.0 Å². The maximum atomic E-state index is 14.9. The summed E-state index contributed by atoms with van der Waals surface area (Å²) in [4.78, 5) is 0.241. The number of methoxy groups -OCH3 is 1. The summed E-state index contributed by atoms with van der Waals surface area (Å²) in [6, 6.07) is 38.2. The van der Waals surface area contributed by atoms with E-state index in [1.165, 1.54) is 0 Å². The number of aryl methyl sites for hydroxylation is 1. The highest BCUT2D eigenvalue weighted by atomic mass is 35.5. The van der Waals surface area contributed by atoms with Gasteiger partial charge in [0.1, 0.15) is 11.4 Å². The van der Waals surface area contributed by atoms with Gasteiger partial charge in [0.25, 0.3) is 10.0 Å². The van der Waals surface area contributed by atoms with Crippen molar-refractivity contribution in [1.29, 1.82) is 0 Å². The van der Waals surface area contributed by atoms with Crippen LogP contribution < -0.4 is 9.04 Å². The Hall–Kier alpha value is -4.36. The van der Waals surface area contributed by atoms with Gasteiger partial charge in [-0.05, 0) is 82.8 Å². The number of rotatable bonds is 5. The monoisotopic (exact) mass is 631 g/mol. The second kappa shape index (κ2) is 10.3. The molecule has 0 radical (unpaired) electrons. The van der Waals surface area contributed by atoms with Crippen LogP contribution in [0, 0.1) is 6.92 Å². The van der Waals surface area contributed by atoms with Crippen LogP contribution in [0.1, 0.15) is 39.3 Å². The number of ether oxygens (including phenoxy) is 2. The van der Waals surface area contributed by atoms with Crippen molar-refractivity contribution in [1.82, 2.24) is 0 Å². The van der Waals surface area contributed by atoms with Crippen LogP contribution >= 0.6 is 11.6 Å². The van der Waals surface area contributed by atoms with Gasteiger partial charge < -0.3 is 9.47 Å². The van der Waals surface area contributed by atoms with Gasteiger partial charge in [-0.2, -0.15) is 0 Å². The van der Waals surface area contributed by atoms with E-state index < -0.39 is 21.7 Å². The van der Waals surface area contributed by atoms with E-state index in [4.69, 9.17) is 21.1 Å². The molecule has 8 rings (SSSR count). The van der Waals surface area contributed by atoms with Crippen LogP contribution in [0.15, 0.2) is 126 Å². The van der Waals surface area contributed by atoms with Crippen molar-refractivity contribution >= 4 is 38.5 Å². The van der Waals surface area contributed by atoms with Gasteiger partial charge in [0, 0.05) is 16.5 Å². The normalized spacial score (nSPS) is 21.6. The fourth-order valence-electron chi connectivity index (χ4n) is 7.51. The Kier molecular flexibility index (Phi) is 6.47. The van der Waals surface area contributed by atoms with Crippen LogP contribution in [0.5, 0.6) is 5.75 Å². The molecule has 5 nitrogen and oxygen atoms in total. The molecule has 3 aliphatic rings. The van der Waals surface area contributed by atoms with Gasteiger partial charge in [-0.15, -0.1) is 0 Å². The summed E-state index contributed by atoms with van der Waals surface area (Å²) in [6.45, 7) is 2.26. The highest BCUT2D eigenvalue weighted by molar-refractivity contribution is 7.93. The van der Waals surface area contributed by atoms with Crippen LogP contribution in [0.4, 0.5) is 5.69 Å². The van der Waals surface area contributed by atoms with Gasteiger partial charge >= 0.3 is 0 Å². The van der Waals surface area contributed by atoms with E-state index in [1.807, 2.05) is 97.9 Å². The standard InChI is InChI=1S/C38H30ClNO4S/c1-24-12-20-30(21-13-24)45(41,42)40-33-11-7-6-10-31(33)35-34(25-15-18-29(43-2)19-16-25)36-32-22-28(39)17-14-26(32)23-44-38(36,37(35)40)27-8-4-3-5-9-27/h3-22,35,37H,23H2,1-2H3/t35-,37-,38-/m0/s1. The number of nitrogens with zero attached hydrogens (tertiary/aromatic N) is 1. The molecule has 45 heavy (non-hydrogen) atoms. The molecule has 5 aromatic carbocycles. The van der Waals surface area contributed by atoms with E-state index in [1.54, 1.807) is 23.5 Å². The number of hydrogen-bond donors (Lipinski definition) is 0. The molecule has 0 saturated heterocycles. The van der Waals surface area contributed by atoms with Gasteiger partial charge in [0.2, 0.25) is 0 Å². The minimum absolute atomic E-state index is 0.241. The number of fused-ring (bicyclic) bond motifs is 7. The van der Waals surface area contributed by atoms with E-state index in [9.17, 15) is 8.42 Å². The summed E-state index contributed by atoms with van der Waals surface area (Å²) in [7, 11) is -2.39. The number of halogens is 1. The molecule has 2 aliphatic heterocycles. The SMILES string of the molecule is COc1ccc(C2=C3c4cc(Cl)ccc4CO[C@]3(c3ccccc3)[C@@H]3[C@H]2c2ccccc2N3S(=O)(=O)c2ccc(C)cc2)cc1. The fourth-order valence-corrected chi connectivity index (χ4v) is 9.38. The molecular formula is C38H30ClNO4S. The summed E-state index contributed by atoms with van der Waals surface area (Å²) < 4.78 is 44.2. The maximum Gasteiger partial charge on any atom is 0.264 e. The first kappa shape index (κ1) is 28.1. The molecule has 0 N–H and O–H groups in total. The molecular weight excluding hydrogens is 602 g/mol. The Bertz CT molecular complexity index is 2090. The van der Waals surface area contributed by atoms with Crippen molar-refractivity contribution in [2.75, 3.05) is 11.4 Å². The lowest BCUT2D eigenvalue weighted by atomic mass is 9.77. The van der Waals surface area contributed by atoms with Crippen LogP contribution in [0.2, 0.25) is 5.02 Å². The molecule has 5 aromatic rings. The molecule has 7 heteroatoms. The highest BCUT2D eigenvalue weighted by Crippen LogP contribution is 2.68. The maximum absolute atomic E-state index is 14.9. The minimum Gasteiger partial charge on any atom is -0.497 e. The third kappa shape index (κ3) is 4.06. The Morgan fingerprint density at radius 3 is 2.31 bits per heavy atom. The topological polar surface area (TPSA) is 55.8 Å². The molecule has 0 bridgehead atoms. The zero-order chi connectivity index (χ0) is 30.9. The quantitative estimate of drug-likeness (QED) is 0.196. The van der Waals surface area contributed by atoms with Gasteiger partial charge in [0.05, 0.1) is 30.3 Å². The number of hydrogen-bond acceptors (Lipinski definition) is 4. The Balaban J connectivity index is 1.50. The zero-order valence-electron chi connectivity index (χ0n) is 24.8. The van der Waals surface area contributed by atoms with Crippen LogP contribution in [0.25, 0.3) is 11.1 Å². The lowest BCUT2D eigenvalue weighted by molar-refractivity contribution is -0.0346. The van der Waals surface area contributed by atoms with E-state index >= 15 is 0 Å². The van der Waals surface area contributed by atoms with Gasteiger partial charge in [0.15, 0.2) is 0 Å². The average molecular weight is 632 g/mol. The first-order chi connectivity index (χ1) is 21.8. The third-order valence-electron chi connectivity index (χ3n) is 9.42. The number of benzene rings is 5. The smallest absolute Gasteiger partial charge is 0.264 e. The van der Waals surface area contributed by atoms with Crippen molar-refractivity contribution in [2.24, 2.45) is 0 Å². The fraction of sp³-hybridized carbons (Fsp3) is 0.158. The Labute approximate surface area is 268 Å².